The SMILES string of the molecule is C=C1C(C)=C(C(C)C)NCN1CC.CC. The van der Waals surface area contributed by atoms with Crippen LogP contribution >= 0.6 is 0 Å². The Hall–Kier alpha value is -0.920. The van der Waals surface area contributed by atoms with Gasteiger partial charge in [0.2, 0.25) is 0 Å². The highest BCUT2D eigenvalue weighted by Crippen LogP contribution is 2.23. The Morgan fingerprint density at radius 1 is 1.40 bits per heavy atom. The lowest BCUT2D eigenvalue weighted by Gasteiger charge is -2.34. The maximum absolute atomic E-state index is 4.11. The van der Waals surface area contributed by atoms with E-state index in [0.29, 0.717) is 5.92 Å². The molecule has 2 heteroatoms. The van der Waals surface area contributed by atoms with Gasteiger partial charge in [-0.1, -0.05) is 34.3 Å². The Kier molecular flexibility index (Phi) is 6.14. The molecule has 0 amide bonds. The van der Waals surface area contributed by atoms with Crippen LogP contribution in [0.15, 0.2) is 23.5 Å². The van der Waals surface area contributed by atoms with Crippen molar-refractivity contribution in [2.45, 2.75) is 41.5 Å². The third-order valence-corrected chi connectivity index (χ3v) is 2.64. The zero-order chi connectivity index (χ0) is 12.0. The fourth-order valence-electron chi connectivity index (χ4n) is 1.74. The first-order valence-corrected chi connectivity index (χ1v) is 5.96. The molecule has 0 saturated heterocycles. The molecule has 0 saturated carbocycles. The van der Waals surface area contributed by atoms with Crippen LogP contribution in [0.1, 0.15) is 41.5 Å². The van der Waals surface area contributed by atoms with E-state index >= 15 is 0 Å². The number of hydrogen-bond acceptors (Lipinski definition) is 2. The van der Waals surface area contributed by atoms with E-state index in [1.54, 1.807) is 0 Å². The minimum absolute atomic E-state index is 0.566. The van der Waals surface area contributed by atoms with Crippen LogP contribution in [0.2, 0.25) is 0 Å². The van der Waals surface area contributed by atoms with Gasteiger partial charge in [0.15, 0.2) is 0 Å². The van der Waals surface area contributed by atoms with Gasteiger partial charge < -0.3 is 10.2 Å². The molecule has 1 aliphatic rings. The zero-order valence-corrected chi connectivity index (χ0v) is 11.1. The van der Waals surface area contributed by atoms with E-state index in [2.05, 4.69) is 44.5 Å². The lowest BCUT2D eigenvalue weighted by Crippen LogP contribution is -2.39. The largest absolute Gasteiger partial charge is 0.371 e. The fourth-order valence-corrected chi connectivity index (χ4v) is 1.74. The van der Waals surface area contributed by atoms with Crippen molar-refractivity contribution in [1.29, 1.82) is 0 Å². The summed E-state index contributed by atoms with van der Waals surface area (Å²) in [5, 5.41) is 3.44. The fraction of sp³-hybridized carbons (Fsp3) is 0.692. The monoisotopic (exact) mass is 210 g/mol. The van der Waals surface area contributed by atoms with Crippen molar-refractivity contribution in [2.24, 2.45) is 5.92 Å². The van der Waals surface area contributed by atoms with Crippen molar-refractivity contribution < 1.29 is 0 Å². The molecule has 0 aromatic rings. The van der Waals surface area contributed by atoms with Crippen molar-refractivity contribution >= 4 is 0 Å². The van der Waals surface area contributed by atoms with Crippen molar-refractivity contribution in [2.75, 3.05) is 13.2 Å². The summed E-state index contributed by atoms with van der Waals surface area (Å²) in [4.78, 5) is 2.25. The number of nitrogens with zero attached hydrogens (tertiary/aromatic N) is 1. The summed E-state index contributed by atoms with van der Waals surface area (Å²) in [5.74, 6) is 0.566. The normalized spacial score (nSPS) is 16.2. The van der Waals surface area contributed by atoms with Crippen molar-refractivity contribution in [3.8, 4) is 0 Å². The van der Waals surface area contributed by atoms with Gasteiger partial charge in [-0.15, -0.1) is 0 Å². The van der Waals surface area contributed by atoms with Crippen molar-refractivity contribution in [1.82, 2.24) is 10.2 Å². The Morgan fingerprint density at radius 2 is 1.93 bits per heavy atom. The predicted molar refractivity (Wildman–Crippen MR) is 68.4 cm³/mol. The van der Waals surface area contributed by atoms with Crippen LogP contribution in [-0.2, 0) is 0 Å². The van der Waals surface area contributed by atoms with Gasteiger partial charge in [0, 0.05) is 17.9 Å². The van der Waals surface area contributed by atoms with Gasteiger partial charge in [-0.25, -0.2) is 0 Å². The number of nitrogens with one attached hydrogen (secondary N) is 1. The second-order valence-corrected chi connectivity index (χ2v) is 3.83. The standard InChI is InChI=1S/C11H20N2.C2H6/c1-6-13-7-12-11(8(2)3)9(4)10(13)5;1-2/h8,12H,5-7H2,1-4H3;1-2H3. The number of hydrogen-bond donors (Lipinski definition) is 1. The van der Waals surface area contributed by atoms with Crippen LogP contribution in [0.4, 0.5) is 0 Å². The third-order valence-electron chi connectivity index (χ3n) is 2.64. The molecule has 15 heavy (non-hydrogen) atoms. The van der Waals surface area contributed by atoms with E-state index in [1.165, 1.54) is 17.0 Å². The maximum atomic E-state index is 4.11. The quantitative estimate of drug-likeness (QED) is 0.752. The molecular formula is C13H26N2. The van der Waals surface area contributed by atoms with Crippen molar-refractivity contribution in [3.63, 3.8) is 0 Å². The molecule has 0 aromatic heterocycles. The summed E-state index contributed by atoms with van der Waals surface area (Å²) in [5.41, 5.74) is 3.82. The van der Waals surface area contributed by atoms with Gasteiger partial charge in [-0.2, -0.15) is 0 Å². The first-order chi connectivity index (χ1) is 7.07. The molecule has 0 spiro atoms. The van der Waals surface area contributed by atoms with Crippen LogP contribution < -0.4 is 5.32 Å². The highest BCUT2D eigenvalue weighted by Gasteiger charge is 2.18. The second kappa shape index (κ2) is 6.54. The van der Waals surface area contributed by atoms with E-state index < -0.39 is 0 Å². The molecule has 0 unspecified atom stereocenters. The average Bonchev–Trinajstić information content (AvgIpc) is 2.24. The molecule has 1 rings (SSSR count). The number of allylic oxidation sites excluding steroid dienone is 2. The van der Waals surface area contributed by atoms with Gasteiger partial charge in [0.1, 0.15) is 0 Å². The van der Waals surface area contributed by atoms with E-state index in [1.807, 2.05) is 13.8 Å². The van der Waals surface area contributed by atoms with Gasteiger partial charge in [-0.05, 0) is 25.3 Å². The topological polar surface area (TPSA) is 15.3 Å². The maximum Gasteiger partial charge on any atom is 0.0873 e. The van der Waals surface area contributed by atoms with Gasteiger partial charge in [0.05, 0.1) is 6.67 Å². The Labute approximate surface area is 95.0 Å². The molecule has 1 heterocycles. The van der Waals surface area contributed by atoms with E-state index in [9.17, 15) is 0 Å². The molecule has 88 valence electrons. The zero-order valence-electron chi connectivity index (χ0n) is 11.1. The first kappa shape index (κ1) is 14.1. The van der Waals surface area contributed by atoms with Crippen LogP contribution in [0.5, 0.6) is 0 Å². The van der Waals surface area contributed by atoms with Gasteiger partial charge in [0.25, 0.3) is 0 Å². The molecule has 2 nitrogen and oxygen atoms in total. The predicted octanol–water partition coefficient (Wildman–Crippen LogP) is 3.34. The minimum atomic E-state index is 0.566. The highest BCUT2D eigenvalue weighted by atomic mass is 15.2. The van der Waals surface area contributed by atoms with Gasteiger partial charge >= 0.3 is 0 Å². The van der Waals surface area contributed by atoms with Crippen molar-refractivity contribution in [3.05, 3.63) is 23.5 Å². The van der Waals surface area contributed by atoms with Crippen LogP contribution in [0.3, 0.4) is 0 Å². The third kappa shape index (κ3) is 3.29. The number of likely N-dealkylation sites (N-methyl/N-ethyl adjacent to an activating group) is 1. The molecule has 0 atom stereocenters. The second-order valence-electron chi connectivity index (χ2n) is 3.83. The van der Waals surface area contributed by atoms with Crippen LogP contribution in [0, 0.1) is 5.92 Å². The molecule has 0 aliphatic carbocycles. The van der Waals surface area contributed by atoms with E-state index in [4.69, 9.17) is 0 Å². The Balaban J connectivity index is 0.000000921. The summed E-state index contributed by atoms with van der Waals surface area (Å²) in [6.07, 6.45) is 0. The summed E-state index contributed by atoms with van der Waals surface area (Å²) in [7, 11) is 0. The lowest BCUT2D eigenvalue weighted by molar-refractivity contribution is 0.325. The molecule has 0 fully saturated rings. The molecule has 0 aromatic carbocycles. The first-order valence-electron chi connectivity index (χ1n) is 5.96. The lowest BCUT2D eigenvalue weighted by atomic mass is 10.0. The smallest absolute Gasteiger partial charge is 0.0873 e. The average molecular weight is 210 g/mol. The number of rotatable bonds is 2. The molecular weight excluding hydrogens is 184 g/mol. The summed E-state index contributed by atoms with van der Waals surface area (Å²) in [6.45, 7) is 18.8. The molecule has 1 N–H and O–H groups in total. The Bertz CT molecular complexity index is 239. The Morgan fingerprint density at radius 3 is 2.33 bits per heavy atom. The molecule has 0 radical (unpaired) electrons. The van der Waals surface area contributed by atoms with Gasteiger partial charge in [-0.3, -0.25) is 0 Å². The summed E-state index contributed by atoms with van der Waals surface area (Å²) < 4.78 is 0. The molecule has 1 aliphatic heterocycles. The highest BCUT2D eigenvalue weighted by molar-refractivity contribution is 5.33. The summed E-state index contributed by atoms with van der Waals surface area (Å²) in [6, 6.07) is 0. The molecule has 0 bridgehead atoms. The van der Waals surface area contributed by atoms with E-state index in [-0.39, 0.29) is 0 Å². The summed E-state index contributed by atoms with van der Waals surface area (Å²) >= 11 is 0. The minimum Gasteiger partial charge on any atom is -0.371 e. The van der Waals surface area contributed by atoms with Crippen LogP contribution in [0.25, 0.3) is 0 Å². The van der Waals surface area contributed by atoms with Crippen LogP contribution in [-0.4, -0.2) is 18.1 Å². The van der Waals surface area contributed by atoms with E-state index in [0.717, 1.165) is 13.2 Å².